The third-order valence-corrected chi connectivity index (χ3v) is 5.37. The molecule has 0 saturated heterocycles. The summed E-state index contributed by atoms with van der Waals surface area (Å²) in [5, 5.41) is 16.6. The van der Waals surface area contributed by atoms with E-state index in [1.807, 2.05) is 0 Å². The second kappa shape index (κ2) is 12.9. The number of nitrogens with zero attached hydrogens (tertiary/aromatic N) is 1. The number of guanidine groups is 1. The number of rotatable bonds is 7. The molecule has 0 heterocycles. The first-order chi connectivity index (χ1) is 12.1. The van der Waals surface area contributed by atoms with Crippen LogP contribution < -0.4 is 10.6 Å². The van der Waals surface area contributed by atoms with E-state index in [4.69, 9.17) is 4.99 Å². The highest BCUT2D eigenvalue weighted by Crippen LogP contribution is 2.19. The molecule has 148 valence electrons. The lowest BCUT2D eigenvalue weighted by molar-refractivity contribution is 0.120. The lowest BCUT2D eigenvalue weighted by atomic mass is 9.93. The van der Waals surface area contributed by atoms with E-state index < -0.39 is 0 Å². The molecule has 1 unspecified atom stereocenters. The zero-order valence-corrected chi connectivity index (χ0v) is 19.8. The van der Waals surface area contributed by atoms with Gasteiger partial charge in [-0.05, 0) is 62.6 Å². The largest absolute Gasteiger partial charge is 0.393 e. The van der Waals surface area contributed by atoms with Crippen molar-refractivity contribution in [2.24, 2.45) is 10.9 Å². The van der Waals surface area contributed by atoms with Crippen molar-refractivity contribution in [2.75, 3.05) is 13.1 Å². The van der Waals surface area contributed by atoms with Gasteiger partial charge in [0.2, 0.25) is 0 Å². The average molecular weight is 538 g/mol. The molecule has 2 rings (SSSR count). The van der Waals surface area contributed by atoms with Gasteiger partial charge in [-0.2, -0.15) is 0 Å². The van der Waals surface area contributed by atoms with E-state index in [9.17, 15) is 5.11 Å². The van der Waals surface area contributed by atoms with Crippen LogP contribution in [0.25, 0.3) is 0 Å². The normalized spacial score (nSPS) is 21.6. The maximum Gasteiger partial charge on any atom is 0.191 e. The van der Waals surface area contributed by atoms with Crippen molar-refractivity contribution in [1.29, 1.82) is 0 Å². The third kappa shape index (κ3) is 8.57. The minimum Gasteiger partial charge on any atom is -0.393 e. The Labute approximate surface area is 183 Å². The Morgan fingerprint density at radius 2 is 2.00 bits per heavy atom. The smallest absolute Gasteiger partial charge is 0.191 e. The Hall–Kier alpha value is -0.340. The summed E-state index contributed by atoms with van der Waals surface area (Å²) >= 11 is 3.55. The van der Waals surface area contributed by atoms with Crippen molar-refractivity contribution in [3.8, 4) is 0 Å². The van der Waals surface area contributed by atoms with Crippen LogP contribution in [0.5, 0.6) is 0 Å². The van der Waals surface area contributed by atoms with Gasteiger partial charge < -0.3 is 15.7 Å². The van der Waals surface area contributed by atoms with Crippen LogP contribution in [0.15, 0.2) is 33.7 Å². The summed E-state index contributed by atoms with van der Waals surface area (Å²) in [4.78, 5) is 4.84. The Bertz CT molecular complexity index is 548. The summed E-state index contributed by atoms with van der Waals surface area (Å²) in [6.07, 6.45) is 5.85. The predicted octanol–water partition coefficient (Wildman–Crippen LogP) is 4.49. The number of benzene rings is 1. The maximum absolute atomic E-state index is 9.66. The second-order valence-electron chi connectivity index (χ2n) is 6.98. The van der Waals surface area contributed by atoms with E-state index in [-0.39, 0.29) is 30.1 Å². The number of aliphatic imine (C=N–C) groups is 1. The molecule has 0 amide bonds. The lowest BCUT2D eigenvalue weighted by Crippen LogP contribution is -2.45. The van der Waals surface area contributed by atoms with Gasteiger partial charge in [0.15, 0.2) is 5.96 Å². The minimum absolute atomic E-state index is 0. The maximum atomic E-state index is 9.66. The van der Waals surface area contributed by atoms with Crippen LogP contribution in [0.2, 0.25) is 0 Å². The fourth-order valence-corrected chi connectivity index (χ4v) is 3.74. The summed E-state index contributed by atoms with van der Waals surface area (Å²) in [6, 6.07) is 8.97. The lowest BCUT2D eigenvalue weighted by Gasteiger charge is -2.28. The van der Waals surface area contributed by atoms with Crippen LogP contribution in [0.1, 0.15) is 51.5 Å². The first-order valence-corrected chi connectivity index (χ1v) is 10.4. The summed E-state index contributed by atoms with van der Waals surface area (Å²) < 4.78 is 1.14. The molecule has 1 aromatic rings. The number of halogens is 2. The second-order valence-corrected chi connectivity index (χ2v) is 7.89. The van der Waals surface area contributed by atoms with Crippen LogP contribution >= 0.6 is 39.9 Å². The molecule has 0 aromatic heterocycles. The quantitative estimate of drug-likeness (QED) is 0.273. The Morgan fingerprint density at radius 1 is 1.27 bits per heavy atom. The summed E-state index contributed by atoms with van der Waals surface area (Å²) in [5.41, 5.74) is 1.36. The number of aliphatic hydroxyl groups excluding tert-OH is 1. The first kappa shape index (κ1) is 23.7. The molecular weight excluding hydrogens is 505 g/mol. The molecule has 26 heavy (non-hydrogen) atoms. The highest BCUT2D eigenvalue weighted by Gasteiger charge is 2.20. The zero-order valence-electron chi connectivity index (χ0n) is 15.9. The molecule has 4 nitrogen and oxygen atoms in total. The number of hydrogen-bond donors (Lipinski definition) is 3. The first-order valence-electron chi connectivity index (χ1n) is 9.58. The molecule has 1 saturated carbocycles. The van der Waals surface area contributed by atoms with Crippen LogP contribution in [0.4, 0.5) is 0 Å². The Kier molecular flexibility index (Phi) is 11.8. The average Bonchev–Trinajstić information content (AvgIpc) is 2.60. The highest BCUT2D eigenvalue weighted by atomic mass is 127. The standard InChI is InChI=1S/C20H32BrN3O.HI/c1-3-15(12-16-6-5-7-17(21)13-16)14-23-20(22-4-2)24-18-8-10-19(25)11-9-18;/h5-7,13,15,18-19,25H,3-4,8-12,14H2,1-2H3,(H2,22,23,24);1H. The minimum atomic E-state index is -0.118. The van der Waals surface area contributed by atoms with Gasteiger partial charge in [-0.3, -0.25) is 4.99 Å². The van der Waals surface area contributed by atoms with Crippen molar-refractivity contribution in [2.45, 2.75) is 64.5 Å². The molecule has 1 aliphatic carbocycles. The van der Waals surface area contributed by atoms with Crippen molar-refractivity contribution in [1.82, 2.24) is 10.6 Å². The van der Waals surface area contributed by atoms with Crippen LogP contribution in [-0.2, 0) is 6.42 Å². The number of aliphatic hydroxyl groups is 1. The van der Waals surface area contributed by atoms with Gasteiger partial charge in [0.25, 0.3) is 0 Å². The van der Waals surface area contributed by atoms with Gasteiger partial charge in [0.05, 0.1) is 6.10 Å². The highest BCUT2D eigenvalue weighted by molar-refractivity contribution is 14.0. The van der Waals surface area contributed by atoms with Gasteiger partial charge in [-0.15, -0.1) is 24.0 Å². The molecular formula is C20H33BrIN3O. The summed E-state index contributed by atoms with van der Waals surface area (Å²) in [5.74, 6) is 1.45. The summed E-state index contributed by atoms with van der Waals surface area (Å²) in [7, 11) is 0. The van der Waals surface area contributed by atoms with Crippen molar-refractivity contribution in [3.05, 3.63) is 34.3 Å². The van der Waals surface area contributed by atoms with E-state index in [0.29, 0.717) is 12.0 Å². The van der Waals surface area contributed by atoms with Crippen molar-refractivity contribution < 1.29 is 5.11 Å². The predicted molar refractivity (Wildman–Crippen MR) is 124 cm³/mol. The van der Waals surface area contributed by atoms with Gasteiger partial charge in [-0.25, -0.2) is 0 Å². The number of hydrogen-bond acceptors (Lipinski definition) is 2. The molecule has 1 aromatic carbocycles. The van der Waals surface area contributed by atoms with Crippen LogP contribution in [-0.4, -0.2) is 36.3 Å². The van der Waals surface area contributed by atoms with E-state index in [1.165, 1.54) is 5.56 Å². The molecule has 3 N–H and O–H groups in total. The molecule has 1 atom stereocenters. The SMILES string of the molecule is CCNC(=NCC(CC)Cc1cccc(Br)c1)NC1CCC(O)CC1.I. The Morgan fingerprint density at radius 3 is 2.62 bits per heavy atom. The van der Waals surface area contributed by atoms with Crippen molar-refractivity contribution in [3.63, 3.8) is 0 Å². The van der Waals surface area contributed by atoms with Gasteiger partial charge in [0.1, 0.15) is 0 Å². The van der Waals surface area contributed by atoms with Gasteiger partial charge in [0, 0.05) is 23.6 Å². The molecule has 0 aliphatic heterocycles. The van der Waals surface area contributed by atoms with E-state index in [0.717, 1.165) is 62.0 Å². The van der Waals surface area contributed by atoms with Crippen molar-refractivity contribution >= 4 is 45.9 Å². The fourth-order valence-electron chi connectivity index (χ4n) is 3.29. The van der Waals surface area contributed by atoms with Crippen LogP contribution in [0.3, 0.4) is 0 Å². The number of nitrogens with one attached hydrogen (secondary N) is 2. The fraction of sp³-hybridized carbons (Fsp3) is 0.650. The zero-order chi connectivity index (χ0) is 18.1. The monoisotopic (exact) mass is 537 g/mol. The van der Waals surface area contributed by atoms with E-state index in [1.54, 1.807) is 0 Å². The molecule has 1 aliphatic rings. The topological polar surface area (TPSA) is 56.7 Å². The molecule has 1 fully saturated rings. The molecule has 0 radical (unpaired) electrons. The molecule has 6 heteroatoms. The van der Waals surface area contributed by atoms with E-state index in [2.05, 4.69) is 64.7 Å². The van der Waals surface area contributed by atoms with Crippen LogP contribution in [0, 0.1) is 5.92 Å². The van der Waals surface area contributed by atoms with E-state index >= 15 is 0 Å². The van der Waals surface area contributed by atoms with Gasteiger partial charge in [-0.1, -0.05) is 41.4 Å². The third-order valence-electron chi connectivity index (χ3n) is 4.88. The molecule has 0 bridgehead atoms. The Balaban J connectivity index is 0.00000338. The summed E-state index contributed by atoms with van der Waals surface area (Å²) in [6.45, 7) is 6.03. The van der Waals surface area contributed by atoms with Gasteiger partial charge >= 0.3 is 0 Å². The molecule has 0 spiro atoms.